The molecule has 0 saturated carbocycles. The van der Waals surface area contributed by atoms with Crippen LogP contribution < -0.4 is 9.47 Å². The fourth-order valence-electron chi connectivity index (χ4n) is 18.6. The van der Waals surface area contributed by atoms with E-state index in [9.17, 15) is 52.7 Å². The molecule has 0 aliphatic carbocycles. The molecule has 3 heterocycles. The highest BCUT2D eigenvalue weighted by Crippen LogP contribution is 2.29. The first-order valence-electron chi connectivity index (χ1n) is 46.9. The zero-order valence-electron chi connectivity index (χ0n) is 77.4. The number of rotatable bonds is 28. The quantitative estimate of drug-likeness (QED) is 0.0438. The summed E-state index contributed by atoms with van der Waals surface area (Å²) in [5, 5.41) is 0. The monoisotopic (exact) mass is 1870 g/mol. The van der Waals surface area contributed by atoms with Crippen LogP contribution in [0.25, 0.3) is 22.3 Å². The zero-order valence-corrected chi connectivity index (χ0v) is 77.4. The molecule has 136 heavy (non-hydrogen) atoms. The van der Waals surface area contributed by atoms with E-state index >= 15 is 0 Å². The molecule has 0 bridgehead atoms. The number of hydrogen-bond acceptors (Lipinski definition) is 14. The third kappa shape index (κ3) is 31.5. The van der Waals surface area contributed by atoms with Crippen LogP contribution in [0.3, 0.4) is 0 Å². The molecule has 3 saturated heterocycles. The average Bonchev–Trinajstić information content (AvgIpc) is 0.835. The van der Waals surface area contributed by atoms with Crippen molar-refractivity contribution in [3.63, 3.8) is 0 Å². The van der Waals surface area contributed by atoms with Crippen molar-refractivity contribution in [1.82, 2.24) is 58.8 Å². The minimum atomic E-state index is -0.689. The molecule has 0 atom stereocenters. The molecule has 15 rings (SSSR count). The van der Waals surface area contributed by atoms with E-state index in [0.29, 0.717) is 151 Å². The molecule has 716 valence electrons. The molecular formula is C110H120F12N12O2. The first kappa shape index (κ1) is 99.4. The van der Waals surface area contributed by atoms with Crippen LogP contribution in [0.4, 0.5) is 52.7 Å². The second-order valence-electron chi connectivity index (χ2n) is 36.5. The van der Waals surface area contributed by atoms with Crippen LogP contribution >= 0.6 is 0 Å². The maximum atomic E-state index is 14.7. The molecular weight excluding hydrogens is 1750 g/mol. The van der Waals surface area contributed by atoms with Crippen molar-refractivity contribution in [2.24, 2.45) is 0 Å². The smallest absolute Gasteiger partial charge is 0.126 e. The van der Waals surface area contributed by atoms with Crippen molar-refractivity contribution in [3.8, 4) is 33.8 Å². The van der Waals surface area contributed by atoms with E-state index in [4.69, 9.17) is 9.47 Å². The lowest BCUT2D eigenvalue weighted by atomic mass is 10.0. The Morgan fingerprint density at radius 1 is 0.147 bits per heavy atom. The van der Waals surface area contributed by atoms with Gasteiger partial charge in [-0.2, -0.15) is 0 Å². The fraction of sp³-hybridized carbons (Fsp3) is 0.345. The van der Waals surface area contributed by atoms with Gasteiger partial charge in [0, 0.05) is 272 Å². The Morgan fingerprint density at radius 3 is 0.360 bits per heavy atom. The van der Waals surface area contributed by atoms with Gasteiger partial charge in [-0.15, -0.1) is 0 Å². The van der Waals surface area contributed by atoms with Gasteiger partial charge < -0.3 is 9.47 Å². The number of ether oxygens (including phenoxy) is 2. The standard InChI is InChI=1S/C110H120F12N12O2/c1-135-109-23-11-85(12-24-109)73-127-31-27-123(69-81-3-15-93(16-4-81)95-19-7-83(8-20-95)71-125-35-39-129(75-87-51-97(111)63-98(112)52-87)43-47-133(79-91-59-105(119)67-106(120)60-91)48-44-130(40-36-125)76-88-53-99(113)64-100(114)54-88)29-33-128(74-86-13-25-110(136-2)26-14-86)34-30-124(28-32-127)70-82-5-17-94(18-6-82)96-21-9-84(10-22-96)72-126-37-41-131(77-89-55-101(115)65-102(116)56-89)45-49-134(80-92-61-107(121)68-108(122)62-92)50-46-132(42-38-126)78-90-57-103(117)66-104(118)58-90/h3-26,51-68H,27-50,69-80H2,1-2H3. The van der Waals surface area contributed by atoms with Crippen LogP contribution in [0.2, 0.25) is 0 Å². The van der Waals surface area contributed by atoms with Gasteiger partial charge in [-0.05, 0) is 186 Å². The lowest BCUT2D eigenvalue weighted by Crippen LogP contribution is -2.45. The van der Waals surface area contributed by atoms with E-state index in [2.05, 4.69) is 180 Å². The average molecular weight is 1870 g/mol. The van der Waals surface area contributed by atoms with Crippen LogP contribution in [0.5, 0.6) is 11.5 Å². The zero-order chi connectivity index (χ0) is 94.8. The molecule has 0 aromatic heterocycles. The SMILES string of the molecule is COc1ccc(CN2CCN(Cc3ccc(-c4ccc(CN5CCN(Cc6cc(F)cc(F)c6)CCN(Cc6cc(F)cc(F)c6)CCN(Cc6cc(F)cc(F)c6)CC5)cc4)cc3)CCN(Cc3ccc(OC)cc3)CCN(Cc3ccc(-c4ccc(CN5CCN(Cc6cc(F)cc(F)c6)CCN(Cc6cc(F)cc(F)c6)CCN(Cc6cc(F)cc(F)c6)CC5)cc4)cc3)CC2)cc1. The van der Waals surface area contributed by atoms with Crippen LogP contribution in [0.15, 0.2) is 255 Å². The topological polar surface area (TPSA) is 57.3 Å². The van der Waals surface area contributed by atoms with Crippen molar-refractivity contribution in [1.29, 1.82) is 0 Å². The highest BCUT2D eigenvalue weighted by Gasteiger charge is 2.26. The van der Waals surface area contributed by atoms with Gasteiger partial charge in [0.2, 0.25) is 0 Å². The third-order valence-electron chi connectivity index (χ3n) is 26.0. The molecule has 0 N–H and O–H groups in total. The Balaban J connectivity index is 0.613. The molecule has 14 nitrogen and oxygen atoms in total. The molecule has 12 aromatic rings. The van der Waals surface area contributed by atoms with Gasteiger partial charge in [0.05, 0.1) is 14.2 Å². The summed E-state index contributed by atoms with van der Waals surface area (Å²) in [6, 6.07) is 72.7. The molecule has 0 radical (unpaired) electrons. The summed E-state index contributed by atoms with van der Waals surface area (Å²) >= 11 is 0. The van der Waals surface area contributed by atoms with Crippen molar-refractivity contribution in [3.05, 3.63) is 391 Å². The molecule has 0 amide bonds. The summed E-state index contributed by atoms with van der Waals surface area (Å²) in [4.78, 5) is 27.8. The molecule has 12 aromatic carbocycles. The van der Waals surface area contributed by atoms with Crippen LogP contribution in [-0.2, 0) is 78.5 Å². The summed E-state index contributed by atoms with van der Waals surface area (Å²) in [6.07, 6.45) is 0. The largest absolute Gasteiger partial charge is 0.497 e. The summed E-state index contributed by atoms with van der Waals surface area (Å²) in [6.45, 7) is 20.2. The Labute approximate surface area is 791 Å². The van der Waals surface area contributed by atoms with Gasteiger partial charge in [-0.1, -0.05) is 121 Å². The number of hydrogen-bond donors (Lipinski definition) is 0. The summed E-state index contributed by atoms with van der Waals surface area (Å²) in [5.74, 6) is -6.51. The molecule has 3 aliphatic heterocycles. The number of halogens is 12. The van der Waals surface area contributed by atoms with E-state index in [1.54, 1.807) is 14.2 Å². The van der Waals surface area contributed by atoms with Gasteiger partial charge in [0.25, 0.3) is 0 Å². The summed E-state index contributed by atoms with van der Waals surface area (Å²) in [7, 11) is 3.37. The van der Waals surface area contributed by atoms with Crippen molar-refractivity contribution < 1.29 is 62.2 Å². The van der Waals surface area contributed by atoms with Gasteiger partial charge >= 0.3 is 0 Å². The van der Waals surface area contributed by atoms with E-state index in [1.807, 2.05) is 24.3 Å². The maximum Gasteiger partial charge on any atom is 0.126 e. The van der Waals surface area contributed by atoms with Crippen LogP contribution in [0.1, 0.15) is 66.8 Å². The van der Waals surface area contributed by atoms with Crippen LogP contribution in [0, 0.1) is 69.8 Å². The lowest BCUT2D eigenvalue weighted by molar-refractivity contribution is 0.122. The third-order valence-corrected chi connectivity index (χ3v) is 26.0. The van der Waals surface area contributed by atoms with Crippen molar-refractivity contribution in [2.45, 2.75) is 78.5 Å². The van der Waals surface area contributed by atoms with E-state index in [0.717, 1.165) is 160 Å². The van der Waals surface area contributed by atoms with Gasteiger partial charge in [-0.25, -0.2) is 52.7 Å². The highest BCUT2D eigenvalue weighted by atomic mass is 19.2. The molecule has 26 heteroatoms. The van der Waals surface area contributed by atoms with Gasteiger partial charge in [0.15, 0.2) is 0 Å². The number of methoxy groups -OCH3 is 2. The maximum absolute atomic E-state index is 14.7. The van der Waals surface area contributed by atoms with E-state index in [1.165, 1.54) is 95.1 Å². The first-order valence-corrected chi connectivity index (χ1v) is 46.9. The van der Waals surface area contributed by atoms with Crippen LogP contribution in [-0.4, -0.2) is 230 Å². The summed E-state index contributed by atoms with van der Waals surface area (Å²) < 4.78 is 187. The van der Waals surface area contributed by atoms with Gasteiger partial charge in [0.1, 0.15) is 81.3 Å². The Morgan fingerprint density at radius 2 is 0.250 bits per heavy atom. The second-order valence-corrected chi connectivity index (χ2v) is 36.5. The fourth-order valence-corrected chi connectivity index (χ4v) is 18.6. The van der Waals surface area contributed by atoms with Crippen molar-refractivity contribution >= 4 is 0 Å². The number of benzene rings is 12. The number of nitrogens with zero attached hydrogens (tertiary/aromatic N) is 12. The normalized spacial score (nSPS) is 16.9. The first-order chi connectivity index (χ1) is 65.9. The highest BCUT2D eigenvalue weighted by molar-refractivity contribution is 5.65. The Hall–Kier alpha value is -11.1. The minimum Gasteiger partial charge on any atom is -0.497 e. The predicted octanol–water partition coefficient (Wildman–Crippen LogP) is 19.7. The minimum absolute atomic E-state index is 0.223. The van der Waals surface area contributed by atoms with E-state index in [-0.39, 0.29) is 39.3 Å². The predicted molar refractivity (Wildman–Crippen MR) is 511 cm³/mol. The van der Waals surface area contributed by atoms with Crippen molar-refractivity contribution in [2.75, 3.05) is 171 Å². The molecule has 3 fully saturated rings. The molecule has 0 unspecified atom stereocenters. The van der Waals surface area contributed by atoms with E-state index < -0.39 is 69.8 Å². The Kier molecular flexibility index (Phi) is 36.0. The lowest BCUT2D eigenvalue weighted by Gasteiger charge is -2.34. The molecule has 0 spiro atoms. The Bertz CT molecular complexity index is 5170. The van der Waals surface area contributed by atoms with Gasteiger partial charge in [-0.3, -0.25) is 58.8 Å². The summed E-state index contributed by atoms with van der Waals surface area (Å²) in [5.41, 5.74) is 14.0. The second kappa shape index (κ2) is 49.3. The molecule has 3 aliphatic rings.